The number of carbonyl (C=O) groups is 1. The molecule has 0 radical (unpaired) electrons. The first-order valence-corrected chi connectivity index (χ1v) is 6.94. The van der Waals surface area contributed by atoms with Gasteiger partial charge in [-0.15, -0.1) is 0 Å². The number of carbonyl (C=O) groups excluding carboxylic acids is 1. The van der Waals surface area contributed by atoms with Crippen LogP contribution in [-0.4, -0.2) is 43.1 Å². The maximum Gasteiger partial charge on any atom is 0.270 e. The molecule has 1 aromatic carbocycles. The Morgan fingerprint density at radius 2 is 2.00 bits per heavy atom. The number of hydrazine groups is 1. The highest BCUT2D eigenvalue weighted by Gasteiger charge is 2.08. The van der Waals surface area contributed by atoms with E-state index in [1.807, 2.05) is 31.1 Å². The molecule has 0 aliphatic heterocycles. The standard InChI is InChI=1S/C12H17BrN4OS/c1-17(2)8-7-14-12(19)16-15-11(18)9-5-3-4-6-10(9)13/h3-6H,7-8H2,1-2H3,(H,15,18)(H2,14,16,19). The fraction of sp³-hybridized carbons (Fsp3) is 0.333. The Kier molecular flexibility index (Phi) is 6.75. The maximum atomic E-state index is 11.9. The Bertz CT molecular complexity index is 453. The summed E-state index contributed by atoms with van der Waals surface area (Å²) in [6.07, 6.45) is 0. The molecule has 19 heavy (non-hydrogen) atoms. The van der Waals surface area contributed by atoms with Crippen molar-refractivity contribution in [3.8, 4) is 0 Å². The van der Waals surface area contributed by atoms with Crippen LogP contribution in [0.25, 0.3) is 0 Å². The highest BCUT2D eigenvalue weighted by atomic mass is 79.9. The smallest absolute Gasteiger partial charge is 0.270 e. The summed E-state index contributed by atoms with van der Waals surface area (Å²) in [5.74, 6) is -0.246. The predicted octanol–water partition coefficient (Wildman–Crippen LogP) is 1.12. The van der Waals surface area contributed by atoms with Crippen LogP contribution in [0.2, 0.25) is 0 Å². The molecule has 3 N–H and O–H groups in total. The molecular weight excluding hydrogens is 328 g/mol. The molecule has 104 valence electrons. The molecule has 7 heteroatoms. The second-order valence-corrected chi connectivity index (χ2v) is 5.38. The van der Waals surface area contributed by atoms with Gasteiger partial charge < -0.3 is 10.2 Å². The normalized spacial score (nSPS) is 10.1. The number of rotatable bonds is 4. The Balaban J connectivity index is 2.34. The van der Waals surface area contributed by atoms with E-state index in [4.69, 9.17) is 12.2 Å². The zero-order chi connectivity index (χ0) is 14.3. The summed E-state index contributed by atoms with van der Waals surface area (Å²) in [5, 5.41) is 3.38. The van der Waals surface area contributed by atoms with Gasteiger partial charge in [-0.3, -0.25) is 15.6 Å². The van der Waals surface area contributed by atoms with E-state index in [0.29, 0.717) is 17.2 Å². The van der Waals surface area contributed by atoms with Gasteiger partial charge in [-0.05, 0) is 54.4 Å². The lowest BCUT2D eigenvalue weighted by atomic mass is 10.2. The van der Waals surface area contributed by atoms with Gasteiger partial charge in [0.1, 0.15) is 0 Å². The molecule has 0 unspecified atom stereocenters. The lowest BCUT2D eigenvalue weighted by Gasteiger charge is -2.14. The third kappa shape index (κ3) is 6.00. The average molecular weight is 345 g/mol. The molecule has 0 aromatic heterocycles. The van der Waals surface area contributed by atoms with Gasteiger partial charge in [0.15, 0.2) is 5.11 Å². The fourth-order valence-electron chi connectivity index (χ4n) is 1.26. The lowest BCUT2D eigenvalue weighted by Crippen LogP contribution is -2.48. The van der Waals surface area contributed by atoms with Crippen LogP contribution in [0.5, 0.6) is 0 Å². The number of nitrogens with zero attached hydrogens (tertiary/aromatic N) is 1. The first-order chi connectivity index (χ1) is 9.00. The molecular formula is C12H17BrN4OS. The third-order valence-electron chi connectivity index (χ3n) is 2.25. The van der Waals surface area contributed by atoms with E-state index in [1.165, 1.54) is 0 Å². The Morgan fingerprint density at radius 3 is 2.63 bits per heavy atom. The van der Waals surface area contributed by atoms with Crippen molar-refractivity contribution in [2.24, 2.45) is 0 Å². The van der Waals surface area contributed by atoms with E-state index in [9.17, 15) is 4.79 Å². The summed E-state index contributed by atoms with van der Waals surface area (Å²) in [7, 11) is 3.96. The molecule has 0 aliphatic carbocycles. The van der Waals surface area contributed by atoms with Crippen molar-refractivity contribution >= 4 is 39.2 Å². The zero-order valence-electron chi connectivity index (χ0n) is 10.9. The van der Waals surface area contributed by atoms with Crippen LogP contribution >= 0.6 is 28.1 Å². The van der Waals surface area contributed by atoms with Crippen LogP contribution < -0.4 is 16.2 Å². The third-order valence-corrected chi connectivity index (χ3v) is 3.19. The monoisotopic (exact) mass is 344 g/mol. The molecule has 0 heterocycles. The van der Waals surface area contributed by atoms with Crippen molar-refractivity contribution < 1.29 is 4.79 Å². The van der Waals surface area contributed by atoms with Gasteiger partial charge >= 0.3 is 0 Å². The van der Waals surface area contributed by atoms with Crippen LogP contribution in [0.3, 0.4) is 0 Å². The number of hydrogen-bond donors (Lipinski definition) is 3. The number of thiocarbonyl (C=S) groups is 1. The molecule has 0 saturated heterocycles. The summed E-state index contributed by atoms with van der Waals surface area (Å²) in [6, 6.07) is 7.18. The van der Waals surface area contributed by atoms with Gasteiger partial charge in [-0.25, -0.2) is 0 Å². The Labute approximate surface area is 126 Å². The SMILES string of the molecule is CN(C)CCNC(=S)NNC(=O)c1ccccc1Br. The lowest BCUT2D eigenvalue weighted by molar-refractivity contribution is 0.0943. The van der Waals surface area contributed by atoms with Crippen molar-refractivity contribution in [1.82, 2.24) is 21.1 Å². The highest BCUT2D eigenvalue weighted by molar-refractivity contribution is 9.10. The van der Waals surface area contributed by atoms with Crippen molar-refractivity contribution in [2.75, 3.05) is 27.2 Å². The second kappa shape index (κ2) is 8.08. The van der Waals surface area contributed by atoms with E-state index in [1.54, 1.807) is 12.1 Å². The van der Waals surface area contributed by atoms with Crippen molar-refractivity contribution in [3.63, 3.8) is 0 Å². The molecule has 0 atom stereocenters. The minimum atomic E-state index is -0.246. The van der Waals surface area contributed by atoms with Gasteiger partial charge in [0.2, 0.25) is 0 Å². The molecule has 1 rings (SSSR count). The van der Waals surface area contributed by atoms with E-state index in [2.05, 4.69) is 32.1 Å². The molecule has 1 aromatic rings. The summed E-state index contributed by atoms with van der Waals surface area (Å²) >= 11 is 8.36. The molecule has 0 spiro atoms. The van der Waals surface area contributed by atoms with Gasteiger partial charge in [-0.1, -0.05) is 12.1 Å². The van der Waals surface area contributed by atoms with Crippen molar-refractivity contribution in [1.29, 1.82) is 0 Å². The molecule has 5 nitrogen and oxygen atoms in total. The minimum absolute atomic E-state index is 0.246. The number of hydrogen-bond acceptors (Lipinski definition) is 3. The summed E-state index contributed by atoms with van der Waals surface area (Å²) in [4.78, 5) is 13.9. The fourth-order valence-corrected chi connectivity index (χ4v) is 1.88. The maximum absolute atomic E-state index is 11.9. The quantitative estimate of drug-likeness (QED) is 0.564. The Morgan fingerprint density at radius 1 is 1.32 bits per heavy atom. The molecule has 0 bridgehead atoms. The molecule has 0 aliphatic rings. The van der Waals surface area contributed by atoms with E-state index in [-0.39, 0.29) is 5.91 Å². The predicted molar refractivity (Wildman–Crippen MR) is 83.9 cm³/mol. The van der Waals surface area contributed by atoms with Crippen molar-refractivity contribution in [3.05, 3.63) is 34.3 Å². The zero-order valence-corrected chi connectivity index (χ0v) is 13.3. The van der Waals surface area contributed by atoms with Crippen LogP contribution in [0.1, 0.15) is 10.4 Å². The topological polar surface area (TPSA) is 56.4 Å². The van der Waals surface area contributed by atoms with Gasteiger partial charge in [0.05, 0.1) is 5.56 Å². The van der Waals surface area contributed by atoms with E-state index < -0.39 is 0 Å². The number of halogens is 1. The van der Waals surface area contributed by atoms with Crippen LogP contribution in [0.15, 0.2) is 28.7 Å². The number of amides is 1. The molecule has 0 saturated carbocycles. The minimum Gasteiger partial charge on any atom is -0.360 e. The van der Waals surface area contributed by atoms with Gasteiger partial charge in [0, 0.05) is 17.6 Å². The van der Waals surface area contributed by atoms with Crippen molar-refractivity contribution in [2.45, 2.75) is 0 Å². The summed E-state index contributed by atoms with van der Waals surface area (Å²) < 4.78 is 0.737. The average Bonchev–Trinajstić information content (AvgIpc) is 2.36. The largest absolute Gasteiger partial charge is 0.360 e. The second-order valence-electron chi connectivity index (χ2n) is 4.12. The first-order valence-electron chi connectivity index (χ1n) is 5.74. The number of likely N-dealkylation sites (N-methyl/N-ethyl adjacent to an activating group) is 1. The van der Waals surface area contributed by atoms with E-state index in [0.717, 1.165) is 11.0 Å². The number of nitrogens with one attached hydrogen (secondary N) is 3. The van der Waals surface area contributed by atoms with Crippen LogP contribution in [-0.2, 0) is 0 Å². The molecule has 0 fully saturated rings. The molecule has 1 amide bonds. The van der Waals surface area contributed by atoms with E-state index >= 15 is 0 Å². The Hall–Kier alpha value is -1.18. The first kappa shape index (κ1) is 15.9. The van der Waals surface area contributed by atoms with Crippen LogP contribution in [0, 0.1) is 0 Å². The van der Waals surface area contributed by atoms with Gasteiger partial charge in [0.25, 0.3) is 5.91 Å². The van der Waals surface area contributed by atoms with Crippen LogP contribution in [0.4, 0.5) is 0 Å². The summed E-state index contributed by atoms with van der Waals surface area (Å²) in [5.41, 5.74) is 5.75. The highest BCUT2D eigenvalue weighted by Crippen LogP contribution is 2.14. The number of benzene rings is 1. The van der Waals surface area contributed by atoms with Gasteiger partial charge in [-0.2, -0.15) is 0 Å². The summed E-state index contributed by atoms with van der Waals surface area (Å²) in [6.45, 7) is 1.57.